The second-order valence-corrected chi connectivity index (χ2v) is 3.88. The lowest BCUT2D eigenvalue weighted by Crippen LogP contribution is -2.09. The highest BCUT2D eigenvalue weighted by Gasteiger charge is 2.11. The van der Waals surface area contributed by atoms with Crippen LogP contribution in [0.25, 0.3) is 0 Å². The fourth-order valence-corrected chi connectivity index (χ4v) is 1.50. The summed E-state index contributed by atoms with van der Waals surface area (Å²) in [5, 5.41) is 0. The van der Waals surface area contributed by atoms with Crippen molar-refractivity contribution in [2.75, 3.05) is 0 Å². The van der Waals surface area contributed by atoms with E-state index < -0.39 is 17.7 Å². The molecule has 0 bridgehead atoms. The molecule has 1 heterocycles. The highest BCUT2D eigenvalue weighted by molar-refractivity contribution is 5.91. The van der Waals surface area contributed by atoms with E-state index in [9.17, 15) is 13.6 Å². The minimum atomic E-state index is -1.23. The number of aromatic nitrogens is 1. The van der Waals surface area contributed by atoms with Crippen molar-refractivity contribution >= 4 is 5.97 Å². The van der Waals surface area contributed by atoms with Gasteiger partial charge >= 0.3 is 5.97 Å². The summed E-state index contributed by atoms with van der Waals surface area (Å²) in [6, 6.07) is 7.63. The number of carbonyl (C=O) groups is 1. The molecule has 0 amide bonds. The molecular formula is C14H11F2NO2. The fourth-order valence-electron chi connectivity index (χ4n) is 1.50. The molecule has 0 fully saturated rings. The summed E-state index contributed by atoms with van der Waals surface area (Å²) in [5.74, 6) is -3.17. The van der Waals surface area contributed by atoms with Crippen molar-refractivity contribution in [3.63, 3.8) is 0 Å². The van der Waals surface area contributed by atoms with Crippen LogP contribution in [0.4, 0.5) is 8.78 Å². The molecule has 1 aromatic heterocycles. The van der Waals surface area contributed by atoms with Gasteiger partial charge in [0.15, 0.2) is 11.6 Å². The number of benzene rings is 1. The number of esters is 1. The molecule has 0 saturated carbocycles. The Morgan fingerprint density at radius 1 is 1.26 bits per heavy atom. The zero-order chi connectivity index (χ0) is 13.8. The molecular weight excluding hydrogens is 252 g/mol. The minimum Gasteiger partial charge on any atom is -0.421 e. The van der Waals surface area contributed by atoms with Crippen LogP contribution in [0.15, 0.2) is 36.5 Å². The number of nitrogens with zero attached hydrogens (tertiary/aromatic N) is 1. The van der Waals surface area contributed by atoms with Gasteiger partial charge < -0.3 is 4.74 Å². The Bertz CT molecular complexity index is 597. The third-order valence-electron chi connectivity index (χ3n) is 2.58. The van der Waals surface area contributed by atoms with Gasteiger partial charge in [0.2, 0.25) is 5.95 Å². The predicted octanol–water partition coefficient (Wildman–Crippen LogP) is 3.14. The van der Waals surface area contributed by atoms with Gasteiger partial charge in [-0.15, -0.1) is 0 Å². The van der Waals surface area contributed by atoms with Crippen molar-refractivity contribution in [2.45, 2.75) is 13.3 Å². The Labute approximate surface area is 108 Å². The van der Waals surface area contributed by atoms with Crippen molar-refractivity contribution in [2.24, 2.45) is 0 Å². The summed E-state index contributed by atoms with van der Waals surface area (Å²) in [7, 11) is 0. The molecule has 0 aliphatic carbocycles. The van der Waals surface area contributed by atoms with Crippen molar-refractivity contribution < 1.29 is 18.3 Å². The average Bonchev–Trinajstić information content (AvgIpc) is 2.43. The lowest BCUT2D eigenvalue weighted by Gasteiger charge is -2.04. The zero-order valence-corrected chi connectivity index (χ0v) is 10.2. The molecule has 3 nitrogen and oxygen atoms in total. The quantitative estimate of drug-likeness (QED) is 0.630. The third kappa shape index (κ3) is 3.13. The van der Waals surface area contributed by atoms with Crippen LogP contribution in [-0.2, 0) is 6.42 Å². The van der Waals surface area contributed by atoms with Crippen molar-refractivity contribution in [3.8, 4) is 5.75 Å². The number of halogens is 2. The second-order valence-electron chi connectivity index (χ2n) is 3.88. The van der Waals surface area contributed by atoms with Crippen molar-refractivity contribution in [1.29, 1.82) is 0 Å². The topological polar surface area (TPSA) is 39.2 Å². The van der Waals surface area contributed by atoms with Crippen molar-refractivity contribution in [3.05, 3.63) is 59.4 Å². The Kier molecular flexibility index (Phi) is 3.85. The maximum atomic E-state index is 12.9. The SMILES string of the molecule is CCc1ccc(C(=O)Oc2cnc(F)c(F)c2)cc1. The zero-order valence-electron chi connectivity index (χ0n) is 10.2. The molecule has 0 aliphatic rings. The first kappa shape index (κ1) is 13.1. The molecule has 0 atom stereocenters. The molecule has 5 heteroatoms. The van der Waals surface area contributed by atoms with Crippen LogP contribution in [-0.4, -0.2) is 11.0 Å². The fraction of sp³-hybridized carbons (Fsp3) is 0.143. The summed E-state index contributed by atoms with van der Waals surface area (Å²) >= 11 is 0. The smallest absolute Gasteiger partial charge is 0.343 e. The van der Waals surface area contributed by atoms with E-state index in [4.69, 9.17) is 4.74 Å². The summed E-state index contributed by atoms with van der Waals surface area (Å²) < 4.78 is 30.4. The van der Waals surface area contributed by atoms with E-state index in [2.05, 4.69) is 4.98 Å². The summed E-state index contributed by atoms with van der Waals surface area (Å²) in [6.07, 6.45) is 1.82. The first-order valence-corrected chi connectivity index (χ1v) is 5.72. The second kappa shape index (κ2) is 5.56. The van der Waals surface area contributed by atoms with Crippen LogP contribution in [0.1, 0.15) is 22.8 Å². The Morgan fingerprint density at radius 3 is 2.53 bits per heavy atom. The largest absolute Gasteiger partial charge is 0.421 e. The van der Waals surface area contributed by atoms with Gasteiger partial charge in [0.05, 0.1) is 11.8 Å². The molecule has 19 heavy (non-hydrogen) atoms. The highest BCUT2D eigenvalue weighted by Crippen LogP contribution is 2.15. The molecule has 0 radical (unpaired) electrons. The number of pyridine rings is 1. The van der Waals surface area contributed by atoms with E-state index in [1.165, 1.54) is 0 Å². The van der Waals surface area contributed by atoms with Gasteiger partial charge in [-0.25, -0.2) is 14.2 Å². The van der Waals surface area contributed by atoms with Crippen molar-refractivity contribution in [1.82, 2.24) is 4.98 Å². The van der Waals surface area contributed by atoms with Crippen LogP contribution in [0, 0.1) is 11.8 Å². The summed E-state index contributed by atoms with van der Waals surface area (Å²) in [5.41, 5.74) is 1.42. The first-order valence-electron chi connectivity index (χ1n) is 5.72. The molecule has 0 saturated heterocycles. The van der Waals surface area contributed by atoms with E-state index in [0.717, 1.165) is 24.2 Å². The molecule has 2 rings (SSSR count). The number of rotatable bonds is 3. The van der Waals surface area contributed by atoms with Crippen LogP contribution < -0.4 is 4.74 Å². The first-order chi connectivity index (χ1) is 9.10. The van der Waals surface area contributed by atoms with Gasteiger partial charge in [-0.05, 0) is 24.1 Å². The predicted molar refractivity (Wildman–Crippen MR) is 64.9 cm³/mol. The molecule has 0 unspecified atom stereocenters. The number of hydrogen-bond donors (Lipinski definition) is 0. The van der Waals surface area contributed by atoms with Crippen LogP contribution >= 0.6 is 0 Å². The van der Waals surface area contributed by atoms with E-state index in [-0.39, 0.29) is 5.75 Å². The maximum absolute atomic E-state index is 12.9. The number of hydrogen-bond acceptors (Lipinski definition) is 3. The van der Waals surface area contributed by atoms with E-state index in [1.807, 2.05) is 6.92 Å². The third-order valence-corrected chi connectivity index (χ3v) is 2.58. The van der Waals surface area contributed by atoms with E-state index in [1.54, 1.807) is 24.3 Å². The molecule has 1 aromatic carbocycles. The Morgan fingerprint density at radius 2 is 1.95 bits per heavy atom. The van der Waals surface area contributed by atoms with Gasteiger partial charge in [0, 0.05) is 6.07 Å². The molecule has 0 aliphatic heterocycles. The summed E-state index contributed by atoms with van der Waals surface area (Å²) in [4.78, 5) is 14.9. The van der Waals surface area contributed by atoms with Gasteiger partial charge in [-0.3, -0.25) is 0 Å². The number of ether oxygens (including phenoxy) is 1. The van der Waals surface area contributed by atoms with E-state index in [0.29, 0.717) is 5.56 Å². The lowest BCUT2D eigenvalue weighted by molar-refractivity contribution is 0.0733. The van der Waals surface area contributed by atoms with Crippen LogP contribution in [0.5, 0.6) is 5.75 Å². The normalized spacial score (nSPS) is 10.3. The van der Waals surface area contributed by atoms with Crippen LogP contribution in [0.2, 0.25) is 0 Å². The molecule has 0 spiro atoms. The Balaban J connectivity index is 2.13. The standard InChI is InChI=1S/C14H11F2NO2/c1-2-9-3-5-10(6-4-9)14(18)19-11-7-12(15)13(16)17-8-11/h3-8H,2H2,1H3. The average molecular weight is 263 g/mol. The van der Waals surface area contributed by atoms with Gasteiger partial charge in [0.25, 0.3) is 0 Å². The van der Waals surface area contributed by atoms with Gasteiger partial charge in [0.1, 0.15) is 0 Å². The van der Waals surface area contributed by atoms with Crippen LogP contribution in [0.3, 0.4) is 0 Å². The van der Waals surface area contributed by atoms with E-state index >= 15 is 0 Å². The number of carbonyl (C=O) groups excluding carboxylic acids is 1. The summed E-state index contributed by atoms with van der Waals surface area (Å²) in [6.45, 7) is 2.00. The lowest BCUT2D eigenvalue weighted by atomic mass is 10.1. The number of aryl methyl sites for hydroxylation is 1. The van der Waals surface area contributed by atoms with Gasteiger partial charge in [-0.2, -0.15) is 4.39 Å². The molecule has 0 N–H and O–H groups in total. The minimum absolute atomic E-state index is 0.136. The molecule has 2 aromatic rings. The monoisotopic (exact) mass is 263 g/mol. The maximum Gasteiger partial charge on any atom is 0.343 e. The van der Waals surface area contributed by atoms with Gasteiger partial charge in [-0.1, -0.05) is 19.1 Å². The Hall–Kier alpha value is -2.30. The molecule has 98 valence electrons. The highest BCUT2D eigenvalue weighted by atomic mass is 19.2.